The molecular weight excluding hydrogens is 810 g/mol. The van der Waals surface area contributed by atoms with Crippen molar-refractivity contribution in [1.29, 1.82) is 0 Å². The van der Waals surface area contributed by atoms with Gasteiger partial charge in [0.15, 0.2) is 11.5 Å². The second-order valence-electron chi connectivity index (χ2n) is 11.0. The molecular formula is C32H21N6Na3O11S3. The summed E-state index contributed by atoms with van der Waals surface area (Å²) >= 11 is 0. The van der Waals surface area contributed by atoms with Gasteiger partial charge in [-0.3, -0.25) is 0 Å². The molecule has 6 N–H and O–H groups in total. The van der Waals surface area contributed by atoms with Gasteiger partial charge in [0, 0.05) is 22.1 Å². The first-order valence-corrected chi connectivity index (χ1v) is 18.6. The Morgan fingerprint density at radius 3 is 1.55 bits per heavy atom. The number of nitrogens with two attached hydrogens (primary N) is 2. The normalized spacial score (nSPS) is 12.1. The van der Waals surface area contributed by atoms with Gasteiger partial charge >= 0.3 is 88.7 Å². The molecule has 0 fully saturated rings. The molecule has 55 heavy (non-hydrogen) atoms. The molecule has 23 heteroatoms. The molecule has 0 spiro atoms. The van der Waals surface area contributed by atoms with E-state index in [1.165, 1.54) is 30.3 Å². The van der Waals surface area contributed by atoms with Crippen molar-refractivity contribution in [2.75, 3.05) is 11.5 Å². The average Bonchev–Trinajstić information content (AvgIpc) is 3.06. The van der Waals surface area contributed by atoms with Crippen LogP contribution in [-0.2, 0) is 30.4 Å². The molecule has 6 rings (SSSR count). The summed E-state index contributed by atoms with van der Waals surface area (Å²) in [5, 5.41) is 36.7. The summed E-state index contributed by atoms with van der Waals surface area (Å²) in [6.45, 7) is 0. The summed E-state index contributed by atoms with van der Waals surface area (Å²) in [4.78, 5) is -2.37. The van der Waals surface area contributed by atoms with E-state index in [0.717, 1.165) is 29.8 Å². The van der Waals surface area contributed by atoms with Gasteiger partial charge in [0.25, 0.3) is 0 Å². The van der Waals surface area contributed by atoms with Crippen molar-refractivity contribution in [3.8, 4) is 22.6 Å². The standard InChI is InChI=1S/C32H24N6O11S3.3Na/c33-23-10-12-26(51(44,45)46)22-9-11-25(31(39)29(22)23)37-35-19-5-1-16(2-6-19)17-3-7-20(8-4-17)36-38-30-27(52(47,48)49)14-18-13-21(50(41,42)43)15-24(34)28(18)32(30)40;;;/h1-15,39-40H,33-34H2,(H,41,42,43)(H,44,45,46)(H,47,48,49);;;/q;3*+1/p-3. The fraction of sp³-hybridized carbons (Fsp3) is 0. The molecule has 0 atom stereocenters. The van der Waals surface area contributed by atoms with Crippen LogP contribution in [0, 0.1) is 0 Å². The Bertz CT molecular complexity index is 2860. The summed E-state index contributed by atoms with van der Waals surface area (Å²) in [7, 11) is -15.1. The Morgan fingerprint density at radius 1 is 0.509 bits per heavy atom. The van der Waals surface area contributed by atoms with Crippen molar-refractivity contribution in [2.24, 2.45) is 20.5 Å². The minimum absolute atomic E-state index is 0. The number of benzene rings is 6. The average molecular weight is 831 g/mol. The fourth-order valence-corrected chi connectivity index (χ4v) is 7.16. The molecule has 17 nitrogen and oxygen atoms in total. The Morgan fingerprint density at radius 2 is 1.04 bits per heavy atom. The van der Waals surface area contributed by atoms with Gasteiger partial charge in [-0.15, -0.1) is 10.2 Å². The minimum atomic E-state index is -5.29. The molecule has 0 heterocycles. The predicted molar refractivity (Wildman–Crippen MR) is 184 cm³/mol. The number of hydrogen-bond donors (Lipinski definition) is 4. The van der Waals surface area contributed by atoms with Crippen LogP contribution < -0.4 is 100 Å². The summed E-state index contributed by atoms with van der Waals surface area (Å²) in [6, 6.07) is 20.1. The third-order valence-electron chi connectivity index (χ3n) is 7.71. The van der Waals surface area contributed by atoms with Crippen molar-refractivity contribution >= 4 is 86.0 Å². The van der Waals surface area contributed by atoms with Crippen LogP contribution in [0.5, 0.6) is 11.5 Å². The maximum atomic E-state index is 12.0. The van der Waals surface area contributed by atoms with Crippen LogP contribution in [0.25, 0.3) is 32.7 Å². The topological polar surface area (TPSA) is 314 Å². The second-order valence-corrected chi connectivity index (χ2v) is 15.1. The molecule has 0 saturated carbocycles. The van der Waals surface area contributed by atoms with E-state index in [2.05, 4.69) is 20.5 Å². The van der Waals surface area contributed by atoms with E-state index in [0.29, 0.717) is 11.3 Å². The molecule has 0 amide bonds. The van der Waals surface area contributed by atoms with Crippen LogP contribution >= 0.6 is 0 Å². The smallest absolute Gasteiger partial charge is 0.744 e. The molecule has 0 saturated heterocycles. The SMILES string of the molecule is Nc1cc(S(=O)(=O)[O-])cc2cc(S(=O)(=O)[O-])c(N=Nc3ccc(-c4ccc(N=Nc5ccc6c(S(=O)(=O)[O-])ccc(N)c6c5O)cc4)cc3)c(O)c12.[Na+].[Na+].[Na+]. The Hall–Kier alpha value is -3.03. The first kappa shape index (κ1) is 46.4. The van der Waals surface area contributed by atoms with Gasteiger partial charge in [0.05, 0.1) is 31.4 Å². The van der Waals surface area contributed by atoms with Crippen molar-refractivity contribution in [3.05, 3.63) is 91.0 Å². The van der Waals surface area contributed by atoms with E-state index in [1.54, 1.807) is 36.4 Å². The summed E-state index contributed by atoms with van der Waals surface area (Å²) in [6.07, 6.45) is 0. The number of hydrogen-bond acceptors (Lipinski definition) is 17. The zero-order valence-corrected chi connectivity index (χ0v) is 37.3. The summed E-state index contributed by atoms with van der Waals surface area (Å²) in [5.74, 6) is -1.34. The Balaban J connectivity index is 0.00000271. The Labute approximate surface area is 379 Å². The van der Waals surface area contributed by atoms with Crippen LogP contribution in [0.2, 0.25) is 0 Å². The number of aromatic hydroxyl groups is 2. The molecule has 0 aromatic heterocycles. The molecule has 0 aliphatic heterocycles. The maximum Gasteiger partial charge on any atom is 1.00 e. The van der Waals surface area contributed by atoms with Crippen molar-refractivity contribution in [3.63, 3.8) is 0 Å². The quantitative estimate of drug-likeness (QED) is 0.0509. The van der Waals surface area contributed by atoms with Crippen molar-refractivity contribution in [2.45, 2.75) is 14.7 Å². The van der Waals surface area contributed by atoms with Crippen molar-refractivity contribution in [1.82, 2.24) is 0 Å². The van der Waals surface area contributed by atoms with Crippen LogP contribution in [0.1, 0.15) is 0 Å². The molecule has 6 aromatic rings. The molecule has 0 aliphatic carbocycles. The van der Waals surface area contributed by atoms with E-state index < -0.39 is 62.2 Å². The number of phenolic OH excluding ortho intramolecular Hbond substituents is 2. The first-order chi connectivity index (χ1) is 24.3. The summed E-state index contributed by atoms with van der Waals surface area (Å²) < 4.78 is 105. The largest absolute Gasteiger partial charge is 1.00 e. The zero-order valence-electron chi connectivity index (χ0n) is 28.9. The van der Waals surface area contributed by atoms with Crippen molar-refractivity contribution < 1.29 is 138 Å². The Kier molecular flexibility index (Phi) is 14.9. The number of phenols is 2. The van der Waals surface area contributed by atoms with E-state index >= 15 is 0 Å². The molecule has 266 valence electrons. The first-order valence-electron chi connectivity index (χ1n) is 14.4. The number of nitrogen functional groups attached to an aromatic ring is 2. The van der Waals surface area contributed by atoms with Gasteiger partial charge in [-0.05, 0) is 77.2 Å². The molecule has 0 unspecified atom stereocenters. The van der Waals surface area contributed by atoms with Gasteiger partial charge in [0.2, 0.25) is 0 Å². The maximum absolute atomic E-state index is 12.0. The number of anilines is 2. The van der Waals surface area contributed by atoms with Gasteiger partial charge in [-0.2, -0.15) is 10.2 Å². The van der Waals surface area contributed by atoms with Gasteiger partial charge < -0.3 is 35.3 Å². The molecule has 0 radical (unpaired) electrons. The van der Waals surface area contributed by atoms with Crippen LogP contribution in [0.4, 0.5) is 34.1 Å². The fourth-order valence-electron chi connectivity index (χ4n) is 5.30. The monoisotopic (exact) mass is 830 g/mol. The number of nitrogens with zero attached hydrogens (tertiary/aromatic N) is 4. The van der Waals surface area contributed by atoms with Crippen LogP contribution in [0.15, 0.2) is 126 Å². The zero-order chi connectivity index (χ0) is 37.7. The van der Waals surface area contributed by atoms with Crippen LogP contribution in [-0.4, -0.2) is 49.1 Å². The van der Waals surface area contributed by atoms with Crippen LogP contribution in [0.3, 0.4) is 0 Å². The predicted octanol–water partition coefficient (Wildman–Crippen LogP) is -3.21. The second kappa shape index (κ2) is 17.6. The number of rotatable bonds is 8. The van der Waals surface area contributed by atoms with Gasteiger partial charge in [-0.1, -0.05) is 30.3 Å². The minimum Gasteiger partial charge on any atom is -0.744 e. The molecule has 6 aromatic carbocycles. The van der Waals surface area contributed by atoms with Gasteiger partial charge in [0.1, 0.15) is 41.7 Å². The summed E-state index contributed by atoms with van der Waals surface area (Å²) in [5.41, 5.74) is 12.6. The van der Waals surface area contributed by atoms with E-state index in [4.69, 9.17) is 11.5 Å². The number of azo groups is 2. The molecule has 0 bridgehead atoms. The third-order valence-corrected chi connectivity index (χ3v) is 10.3. The third kappa shape index (κ3) is 9.93. The molecule has 0 aliphatic rings. The number of fused-ring (bicyclic) bond motifs is 2. The van der Waals surface area contributed by atoms with Gasteiger partial charge in [-0.25, -0.2) is 25.3 Å². The van der Waals surface area contributed by atoms with E-state index in [9.17, 15) is 49.1 Å². The van der Waals surface area contributed by atoms with E-state index in [1.807, 2.05) is 0 Å². The van der Waals surface area contributed by atoms with E-state index in [-0.39, 0.29) is 133 Å².